The zero-order valence-corrected chi connectivity index (χ0v) is 14.6. The van der Waals surface area contributed by atoms with Crippen molar-refractivity contribution in [1.82, 2.24) is 9.88 Å². The van der Waals surface area contributed by atoms with Gasteiger partial charge in [0.25, 0.3) is 5.91 Å². The lowest BCUT2D eigenvalue weighted by Gasteiger charge is -2.21. The molecule has 0 unspecified atom stereocenters. The Hall–Kier alpha value is -2.07. The van der Waals surface area contributed by atoms with E-state index in [-0.39, 0.29) is 11.7 Å². The number of halogens is 1. The molecule has 1 amide bonds. The fourth-order valence-electron chi connectivity index (χ4n) is 2.83. The van der Waals surface area contributed by atoms with Crippen molar-refractivity contribution in [3.05, 3.63) is 57.4 Å². The fraction of sp³-hybridized carbons (Fsp3) is 0.333. The molecule has 122 valence electrons. The number of ketones is 1. The number of hydrogen-bond donors (Lipinski definition) is 1. The SMILES string of the molecule is CCN(Cc1cccc(Cl)c1)C(=O)c1[nH]c(C)c(C(C)=O)c1C. The van der Waals surface area contributed by atoms with Crippen LogP contribution < -0.4 is 0 Å². The van der Waals surface area contributed by atoms with Gasteiger partial charge in [-0.05, 0) is 51.0 Å². The Morgan fingerprint density at radius 2 is 1.96 bits per heavy atom. The van der Waals surface area contributed by atoms with E-state index in [1.807, 2.05) is 32.0 Å². The van der Waals surface area contributed by atoms with Crippen molar-refractivity contribution in [2.75, 3.05) is 6.54 Å². The summed E-state index contributed by atoms with van der Waals surface area (Å²) in [5.74, 6) is -0.145. The molecule has 4 nitrogen and oxygen atoms in total. The number of carbonyl (C=O) groups is 2. The molecule has 1 aromatic heterocycles. The van der Waals surface area contributed by atoms with Crippen LogP contribution in [0.25, 0.3) is 0 Å². The van der Waals surface area contributed by atoms with Crippen molar-refractivity contribution >= 4 is 23.3 Å². The summed E-state index contributed by atoms with van der Waals surface area (Å²) in [5, 5.41) is 0.650. The van der Waals surface area contributed by atoms with Crippen LogP contribution in [0.5, 0.6) is 0 Å². The van der Waals surface area contributed by atoms with E-state index < -0.39 is 0 Å². The standard InChI is InChI=1S/C18H21ClN2O2/c1-5-21(10-14-7-6-8-15(19)9-14)18(23)17-11(2)16(13(4)22)12(3)20-17/h6-9,20H,5,10H2,1-4H3. The van der Waals surface area contributed by atoms with Crippen molar-refractivity contribution in [1.29, 1.82) is 0 Å². The molecule has 1 heterocycles. The zero-order chi connectivity index (χ0) is 17.1. The van der Waals surface area contributed by atoms with Crippen molar-refractivity contribution < 1.29 is 9.59 Å². The minimum atomic E-state index is -0.111. The highest BCUT2D eigenvalue weighted by Gasteiger charge is 2.23. The van der Waals surface area contributed by atoms with E-state index in [4.69, 9.17) is 11.6 Å². The van der Waals surface area contributed by atoms with E-state index >= 15 is 0 Å². The van der Waals surface area contributed by atoms with Crippen molar-refractivity contribution in [2.45, 2.75) is 34.2 Å². The Morgan fingerprint density at radius 1 is 1.26 bits per heavy atom. The van der Waals surface area contributed by atoms with Gasteiger partial charge in [0.1, 0.15) is 5.69 Å². The molecule has 0 aliphatic carbocycles. The van der Waals surface area contributed by atoms with E-state index in [0.29, 0.717) is 34.9 Å². The Labute approximate surface area is 141 Å². The molecule has 0 aliphatic heterocycles. The maximum atomic E-state index is 12.8. The van der Waals surface area contributed by atoms with Gasteiger partial charge in [0, 0.05) is 29.4 Å². The Balaban J connectivity index is 2.30. The molecule has 0 atom stereocenters. The first-order valence-corrected chi connectivity index (χ1v) is 7.96. The summed E-state index contributed by atoms with van der Waals surface area (Å²) in [6, 6.07) is 7.47. The van der Waals surface area contributed by atoms with Crippen LogP contribution in [0.15, 0.2) is 24.3 Å². The highest BCUT2D eigenvalue weighted by atomic mass is 35.5. The average Bonchev–Trinajstić information content (AvgIpc) is 2.79. The summed E-state index contributed by atoms with van der Waals surface area (Å²) in [4.78, 5) is 29.4. The summed E-state index contributed by atoms with van der Waals surface area (Å²) in [6.45, 7) is 8.11. The first-order chi connectivity index (χ1) is 10.8. The average molecular weight is 333 g/mol. The molecule has 0 spiro atoms. The Bertz CT molecular complexity index is 749. The van der Waals surface area contributed by atoms with Gasteiger partial charge in [0.05, 0.1) is 0 Å². The van der Waals surface area contributed by atoms with E-state index in [1.165, 1.54) is 6.92 Å². The number of carbonyl (C=O) groups excluding carboxylic acids is 2. The Kier molecular flexibility index (Phi) is 5.26. The number of amides is 1. The molecular weight excluding hydrogens is 312 g/mol. The summed E-state index contributed by atoms with van der Waals surface area (Å²) in [7, 11) is 0. The minimum absolute atomic E-state index is 0.0341. The van der Waals surface area contributed by atoms with Crippen LogP contribution >= 0.6 is 11.6 Å². The third-order valence-electron chi connectivity index (χ3n) is 3.93. The van der Waals surface area contributed by atoms with E-state index in [1.54, 1.807) is 17.9 Å². The number of aromatic amines is 1. The quantitative estimate of drug-likeness (QED) is 0.836. The lowest BCUT2D eigenvalue weighted by Crippen LogP contribution is -2.31. The summed E-state index contributed by atoms with van der Waals surface area (Å²) >= 11 is 6.01. The molecule has 0 aliphatic rings. The third kappa shape index (κ3) is 3.64. The topological polar surface area (TPSA) is 53.2 Å². The van der Waals surface area contributed by atoms with Gasteiger partial charge >= 0.3 is 0 Å². The van der Waals surface area contributed by atoms with Gasteiger partial charge in [-0.15, -0.1) is 0 Å². The molecule has 0 saturated carbocycles. The van der Waals surface area contributed by atoms with Crippen molar-refractivity contribution in [2.24, 2.45) is 0 Å². The molecule has 5 heteroatoms. The van der Waals surface area contributed by atoms with Crippen molar-refractivity contribution in [3.8, 4) is 0 Å². The summed E-state index contributed by atoms with van der Waals surface area (Å²) in [6.07, 6.45) is 0. The predicted molar refractivity (Wildman–Crippen MR) is 92.1 cm³/mol. The van der Waals surface area contributed by atoms with E-state index in [0.717, 1.165) is 11.3 Å². The number of Topliss-reactive ketones (excluding diaryl/α,β-unsaturated/α-hetero) is 1. The second-order valence-corrected chi connectivity index (χ2v) is 6.07. The Morgan fingerprint density at radius 3 is 2.48 bits per heavy atom. The molecule has 0 radical (unpaired) electrons. The molecule has 0 bridgehead atoms. The van der Waals surface area contributed by atoms with Crippen LogP contribution in [-0.4, -0.2) is 28.1 Å². The highest BCUT2D eigenvalue weighted by Crippen LogP contribution is 2.21. The molecule has 0 fully saturated rings. The molecule has 1 N–H and O–H groups in total. The van der Waals surface area contributed by atoms with Crippen LogP contribution in [0.3, 0.4) is 0 Å². The molecule has 2 aromatic rings. The second-order valence-electron chi connectivity index (χ2n) is 5.63. The van der Waals surface area contributed by atoms with Crippen LogP contribution in [0.4, 0.5) is 0 Å². The largest absolute Gasteiger partial charge is 0.354 e. The highest BCUT2D eigenvalue weighted by molar-refractivity contribution is 6.30. The van der Waals surface area contributed by atoms with Gasteiger partial charge in [-0.25, -0.2) is 0 Å². The lowest BCUT2D eigenvalue weighted by molar-refractivity contribution is 0.0746. The smallest absolute Gasteiger partial charge is 0.270 e. The van der Waals surface area contributed by atoms with Crippen LogP contribution in [0, 0.1) is 13.8 Å². The number of nitrogens with zero attached hydrogens (tertiary/aromatic N) is 1. The second kappa shape index (κ2) is 7.01. The number of aryl methyl sites for hydroxylation is 1. The monoisotopic (exact) mass is 332 g/mol. The van der Waals surface area contributed by atoms with Gasteiger partial charge in [-0.2, -0.15) is 0 Å². The number of H-pyrrole nitrogens is 1. The van der Waals surface area contributed by atoms with Gasteiger partial charge in [0.15, 0.2) is 5.78 Å². The van der Waals surface area contributed by atoms with Gasteiger partial charge in [-0.3, -0.25) is 9.59 Å². The third-order valence-corrected chi connectivity index (χ3v) is 4.17. The fourth-order valence-corrected chi connectivity index (χ4v) is 3.05. The first-order valence-electron chi connectivity index (χ1n) is 7.59. The van der Waals surface area contributed by atoms with Gasteiger partial charge in [0.2, 0.25) is 0 Å². The lowest BCUT2D eigenvalue weighted by atomic mass is 10.1. The molecule has 23 heavy (non-hydrogen) atoms. The van der Waals surface area contributed by atoms with Crippen LogP contribution in [-0.2, 0) is 6.54 Å². The molecule has 2 rings (SSSR count). The normalized spacial score (nSPS) is 10.7. The molecule has 0 saturated heterocycles. The van der Waals surface area contributed by atoms with Crippen molar-refractivity contribution in [3.63, 3.8) is 0 Å². The number of hydrogen-bond acceptors (Lipinski definition) is 2. The minimum Gasteiger partial charge on any atom is -0.354 e. The first kappa shape index (κ1) is 17.3. The van der Waals surface area contributed by atoms with Crippen LogP contribution in [0.2, 0.25) is 5.02 Å². The maximum absolute atomic E-state index is 12.8. The summed E-state index contributed by atoms with van der Waals surface area (Å²) < 4.78 is 0. The predicted octanol–water partition coefficient (Wildman–Crippen LogP) is 4.15. The number of benzene rings is 1. The summed E-state index contributed by atoms with van der Waals surface area (Å²) in [5.41, 5.74) is 3.51. The maximum Gasteiger partial charge on any atom is 0.270 e. The number of nitrogens with one attached hydrogen (secondary N) is 1. The van der Waals surface area contributed by atoms with Gasteiger partial charge in [-0.1, -0.05) is 23.7 Å². The van der Waals surface area contributed by atoms with Crippen LogP contribution in [0.1, 0.15) is 51.5 Å². The number of rotatable bonds is 5. The van der Waals surface area contributed by atoms with E-state index in [9.17, 15) is 9.59 Å². The molecule has 1 aromatic carbocycles. The molecular formula is C18H21ClN2O2. The van der Waals surface area contributed by atoms with E-state index in [2.05, 4.69) is 4.98 Å². The van der Waals surface area contributed by atoms with Gasteiger partial charge < -0.3 is 9.88 Å². The zero-order valence-electron chi connectivity index (χ0n) is 13.9. The number of aromatic nitrogens is 1.